The number of aliphatic carboxylic acids is 1. The van der Waals surface area contributed by atoms with Crippen LogP contribution < -0.4 is 5.32 Å². The predicted octanol–water partition coefficient (Wildman–Crippen LogP) is 2.73. The van der Waals surface area contributed by atoms with Gasteiger partial charge in [-0.25, -0.2) is 13.9 Å². The molecule has 0 aliphatic heterocycles. The molecule has 2 N–H and O–H groups in total. The fourth-order valence-electron chi connectivity index (χ4n) is 3.33. The molecule has 1 aliphatic carbocycles. The maximum absolute atomic E-state index is 13.6. The van der Waals surface area contributed by atoms with E-state index in [-0.39, 0.29) is 17.4 Å². The second-order valence-corrected chi connectivity index (χ2v) is 6.91. The molecule has 1 unspecified atom stereocenters. The normalized spacial score (nSPS) is 14.8. The second kappa shape index (κ2) is 7.27. The summed E-state index contributed by atoms with van der Waals surface area (Å²) in [5.74, 6) is -2.21. The Bertz CT molecular complexity index is 845. The Morgan fingerprint density at radius 1 is 1.27 bits per heavy atom. The number of amides is 1. The summed E-state index contributed by atoms with van der Waals surface area (Å²) in [6, 6.07) is 5.08. The first-order valence-corrected chi connectivity index (χ1v) is 8.79. The number of rotatable bonds is 5. The number of carboxylic acids is 1. The van der Waals surface area contributed by atoms with Crippen molar-refractivity contribution in [1.82, 2.24) is 15.1 Å². The molecule has 0 radical (unpaired) electrons. The van der Waals surface area contributed by atoms with Crippen LogP contribution in [0.2, 0.25) is 0 Å². The fourth-order valence-corrected chi connectivity index (χ4v) is 3.33. The van der Waals surface area contributed by atoms with E-state index in [4.69, 9.17) is 0 Å². The van der Waals surface area contributed by atoms with Gasteiger partial charge in [-0.3, -0.25) is 4.79 Å². The van der Waals surface area contributed by atoms with Crippen LogP contribution in [0, 0.1) is 11.7 Å². The molecular formula is C19H22FN3O3. The summed E-state index contributed by atoms with van der Waals surface area (Å²) in [4.78, 5) is 24.1. The standard InChI is InChI=1S/C19H22FN3O3/c1-11(2)16(19(25)26)21-18(24)17-14-8-3-4-9-15(14)23(22-17)13-7-5-6-12(20)10-13/h5-7,10-11,16H,3-4,8-9H2,1-2H3,(H,21,24)(H,25,26). The van der Waals surface area contributed by atoms with E-state index in [1.54, 1.807) is 30.7 Å². The fraction of sp³-hybridized carbons (Fsp3) is 0.421. The van der Waals surface area contributed by atoms with Crippen molar-refractivity contribution in [3.63, 3.8) is 0 Å². The Labute approximate surface area is 151 Å². The van der Waals surface area contributed by atoms with Crippen molar-refractivity contribution in [1.29, 1.82) is 0 Å². The van der Waals surface area contributed by atoms with Crippen molar-refractivity contribution in [2.24, 2.45) is 5.92 Å². The SMILES string of the molecule is CC(C)C(NC(=O)c1nn(-c2cccc(F)c2)c2c1CCCC2)C(=O)O. The van der Waals surface area contributed by atoms with Crippen LogP contribution in [-0.2, 0) is 17.6 Å². The Balaban J connectivity index is 2.00. The zero-order chi connectivity index (χ0) is 18.8. The van der Waals surface area contributed by atoms with Crippen LogP contribution in [0.5, 0.6) is 0 Å². The number of fused-ring (bicyclic) bond motifs is 1. The van der Waals surface area contributed by atoms with Gasteiger partial charge >= 0.3 is 5.97 Å². The summed E-state index contributed by atoms with van der Waals surface area (Å²) in [5, 5.41) is 16.3. The van der Waals surface area contributed by atoms with E-state index in [0.717, 1.165) is 30.5 Å². The predicted molar refractivity (Wildman–Crippen MR) is 93.9 cm³/mol. The third-order valence-electron chi connectivity index (χ3n) is 4.67. The van der Waals surface area contributed by atoms with Crippen molar-refractivity contribution in [2.45, 2.75) is 45.6 Å². The zero-order valence-electron chi connectivity index (χ0n) is 14.8. The van der Waals surface area contributed by atoms with Crippen LogP contribution in [0.3, 0.4) is 0 Å². The average Bonchev–Trinajstić information content (AvgIpc) is 2.98. The molecule has 1 heterocycles. The van der Waals surface area contributed by atoms with Gasteiger partial charge in [-0.15, -0.1) is 0 Å². The van der Waals surface area contributed by atoms with Crippen LogP contribution >= 0.6 is 0 Å². The van der Waals surface area contributed by atoms with E-state index >= 15 is 0 Å². The van der Waals surface area contributed by atoms with Gasteiger partial charge in [-0.2, -0.15) is 5.10 Å². The van der Waals surface area contributed by atoms with Gasteiger partial charge in [-0.05, 0) is 49.8 Å². The monoisotopic (exact) mass is 359 g/mol. The lowest BCUT2D eigenvalue weighted by Gasteiger charge is -2.18. The number of nitrogens with zero attached hydrogens (tertiary/aromatic N) is 2. The molecule has 0 saturated carbocycles. The molecule has 1 aromatic heterocycles. The highest BCUT2D eigenvalue weighted by molar-refractivity contribution is 5.96. The highest BCUT2D eigenvalue weighted by atomic mass is 19.1. The summed E-state index contributed by atoms with van der Waals surface area (Å²) in [7, 11) is 0. The van der Waals surface area contributed by atoms with Crippen LogP contribution in [0.4, 0.5) is 4.39 Å². The topological polar surface area (TPSA) is 84.2 Å². The Hall–Kier alpha value is -2.70. The maximum atomic E-state index is 13.6. The third-order valence-corrected chi connectivity index (χ3v) is 4.67. The number of carbonyl (C=O) groups excluding carboxylic acids is 1. The van der Waals surface area contributed by atoms with E-state index in [9.17, 15) is 19.1 Å². The molecule has 6 nitrogen and oxygen atoms in total. The summed E-state index contributed by atoms with van der Waals surface area (Å²) < 4.78 is 15.2. The quantitative estimate of drug-likeness (QED) is 0.860. The molecule has 0 saturated heterocycles. The molecule has 1 aromatic carbocycles. The number of carbonyl (C=O) groups is 2. The highest BCUT2D eigenvalue weighted by Crippen LogP contribution is 2.27. The number of benzene rings is 1. The lowest BCUT2D eigenvalue weighted by molar-refractivity contribution is -0.140. The first-order chi connectivity index (χ1) is 12.4. The summed E-state index contributed by atoms with van der Waals surface area (Å²) >= 11 is 0. The molecule has 1 atom stereocenters. The lowest BCUT2D eigenvalue weighted by atomic mass is 9.95. The van der Waals surface area contributed by atoms with E-state index in [2.05, 4.69) is 10.4 Å². The summed E-state index contributed by atoms with van der Waals surface area (Å²) in [6.07, 6.45) is 3.36. The second-order valence-electron chi connectivity index (χ2n) is 6.91. The van der Waals surface area contributed by atoms with Gasteiger partial charge in [-0.1, -0.05) is 19.9 Å². The van der Waals surface area contributed by atoms with Crippen LogP contribution in [0.15, 0.2) is 24.3 Å². The van der Waals surface area contributed by atoms with Crippen LogP contribution in [-0.4, -0.2) is 32.8 Å². The van der Waals surface area contributed by atoms with Gasteiger partial charge in [0.25, 0.3) is 5.91 Å². The molecule has 0 bridgehead atoms. The molecule has 0 spiro atoms. The molecule has 2 aromatic rings. The van der Waals surface area contributed by atoms with Gasteiger partial charge in [0.05, 0.1) is 5.69 Å². The third kappa shape index (κ3) is 3.47. The van der Waals surface area contributed by atoms with Crippen molar-refractivity contribution in [2.75, 3.05) is 0 Å². The first-order valence-electron chi connectivity index (χ1n) is 8.79. The van der Waals surface area contributed by atoms with Crippen molar-refractivity contribution < 1.29 is 19.1 Å². The van der Waals surface area contributed by atoms with Gasteiger partial charge in [0.15, 0.2) is 5.69 Å². The molecule has 0 fully saturated rings. The first kappa shape index (κ1) is 18.1. The van der Waals surface area contributed by atoms with Gasteiger partial charge < -0.3 is 10.4 Å². The number of aromatic nitrogens is 2. The highest BCUT2D eigenvalue weighted by Gasteiger charge is 2.29. The lowest BCUT2D eigenvalue weighted by Crippen LogP contribution is -2.44. The van der Waals surface area contributed by atoms with E-state index < -0.39 is 17.9 Å². The van der Waals surface area contributed by atoms with Crippen molar-refractivity contribution in [3.05, 3.63) is 47.0 Å². The van der Waals surface area contributed by atoms with Crippen molar-refractivity contribution >= 4 is 11.9 Å². The van der Waals surface area contributed by atoms with E-state index in [0.29, 0.717) is 12.1 Å². The Kier molecular flexibility index (Phi) is 5.06. The van der Waals surface area contributed by atoms with Gasteiger partial charge in [0.2, 0.25) is 0 Å². The number of hydrogen-bond donors (Lipinski definition) is 2. The number of hydrogen-bond acceptors (Lipinski definition) is 3. The minimum atomic E-state index is -1.08. The molecule has 1 amide bonds. The summed E-state index contributed by atoms with van der Waals surface area (Å²) in [6.45, 7) is 3.47. The molecule has 7 heteroatoms. The molecular weight excluding hydrogens is 337 g/mol. The van der Waals surface area contributed by atoms with Gasteiger partial charge in [0.1, 0.15) is 11.9 Å². The van der Waals surface area contributed by atoms with Crippen LogP contribution in [0.1, 0.15) is 48.4 Å². The number of nitrogens with one attached hydrogen (secondary N) is 1. The molecule has 26 heavy (non-hydrogen) atoms. The molecule has 1 aliphatic rings. The average molecular weight is 359 g/mol. The van der Waals surface area contributed by atoms with E-state index in [1.807, 2.05) is 0 Å². The van der Waals surface area contributed by atoms with Crippen LogP contribution in [0.25, 0.3) is 5.69 Å². The number of carboxylic acid groups (broad SMARTS) is 1. The largest absolute Gasteiger partial charge is 0.480 e. The zero-order valence-corrected chi connectivity index (χ0v) is 14.8. The minimum Gasteiger partial charge on any atom is -0.480 e. The summed E-state index contributed by atoms with van der Waals surface area (Å²) in [5.41, 5.74) is 2.51. The molecule has 3 rings (SSSR count). The number of halogens is 1. The smallest absolute Gasteiger partial charge is 0.326 e. The Morgan fingerprint density at radius 3 is 2.65 bits per heavy atom. The maximum Gasteiger partial charge on any atom is 0.326 e. The van der Waals surface area contributed by atoms with Crippen molar-refractivity contribution in [3.8, 4) is 5.69 Å². The van der Waals surface area contributed by atoms with Gasteiger partial charge in [0, 0.05) is 11.3 Å². The minimum absolute atomic E-state index is 0.232. The van der Waals surface area contributed by atoms with E-state index in [1.165, 1.54) is 12.1 Å². The Morgan fingerprint density at radius 2 is 2.00 bits per heavy atom. The molecule has 138 valence electrons.